The van der Waals surface area contributed by atoms with Gasteiger partial charge in [0.15, 0.2) is 0 Å². The summed E-state index contributed by atoms with van der Waals surface area (Å²) in [4.78, 5) is 12.2. The summed E-state index contributed by atoms with van der Waals surface area (Å²) < 4.78 is 0. The second kappa shape index (κ2) is 26.5. The fourth-order valence-corrected chi connectivity index (χ4v) is 2.86. The van der Waals surface area contributed by atoms with E-state index >= 15 is 0 Å². The Morgan fingerprint density at radius 1 is 1.10 bits per heavy atom. The molecule has 4 N–H and O–H groups in total. The van der Waals surface area contributed by atoms with Crippen LogP contribution >= 0.6 is 36.8 Å². The van der Waals surface area contributed by atoms with Crippen LogP contribution in [0.4, 0.5) is 0 Å². The summed E-state index contributed by atoms with van der Waals surface area (Å²) in [6.45, 7) is 24.5. The third kappa shape index (κ3) is 36.2. The van der Waals surface area contributed by atoms with Crippen LogP contribution < -0.4 is 11.1 Å². The Morgan fingerprint density at radius 3 is 1.52 bits per heavy atom. The van der Waals surface area contributed by atoms with E-state index in [0.717, 1.165) is 19.1 Å². The first-order valence-electron chi connectivity index (χ1n) is 10.2. The van der Waals surface area contributed by atoms with Crippen molar-refractivity contribution in [3.8, 4) is 0 Å². The van der Waals surface area contributed by atoms with Gasteiger partial charge in [0.1, 0.15) is 6.29 Å². The van der Waals surface area contributed by atoms with Gasteiger partial charge >= 0.3 is 0 Å². The van der Waals surface area contributed by atoms with Gasteiger partial charge in [-0.25, -0.2) is 0 Å². The predicted octanol–water partition coefficient (Wildman–Crippen LogP) is 4.18. The molecule has 1 aliphatic heterocycles. The first-order chi connectivity index (χ1) is 12.9. The topological polar surface area (TPSA) is 78.6 Å². The van der Waals surface area contributed by atoms with Gasteiger partial charge in [0.05, 0.1) is 5.37 Å². The molecule has 8 heteroatoms. The van der Waals surface area contributed by atoms with Crippen molar-refractivity contribution < 1.29 is 9.90 Å². The van der Waals surface area contributed by atoms with E-state index in [1.807, 2.05) is 32.5 Å². The van der Waals surface area contributed by atoms with Crippen molar-refractivity contribution >= 4 is 43.1 Å². The molecule has 0 aliphatic carbocycles. The highest BCUT2D eigenvalue weighted by atomic mass is 35.5. The Balaban J connectivity index is -0.0000000878. The molecule has 0 aromatic carbocycles. The Kier molecular flexibility index (Phi) is 36.5. The number of hydrogen-bond acceptors (Lipinski definition) is 7. The van der Waals surface area contributed by atoms with E-state index in [0.29, 0.717) is 17.3 Å². The van der Waals surface area contributed by atoms with Crippen molar-refractivity contribution in [2.45, 2.75) is 67.7 Å². The highest BCUT2D eigenvalue weighted by Gasteiger charge is 2.27. The van der Waals surface area contributed by atoms with E-state index in [-0.39, 0.29) is 17.8 Å². The quantitative estimate of drug-likeness (QED) is 0.359. The maximum atomic E-state index is 9.83. The summed E-state index contributed by atoms with van der Waals surface area (Å²) in [5.74, 6) is 2.07. The molecule has 1 rings (SSSR count). The van der Waals surface area contributed by atoms with Crippen LogP contribution in [0.15, 0.2) is 0 Å². The number of hydrogen-bond donors (Lipinski definition) is 4. The number of rotatable bonds is 4. The van der Waals surface area contributed by atoms with Crippen LogP contribution in [-0.4, -0.2) is 73.0 Å². The van der Waals surface area contributed by atoms with Crippen LogP contribution in [0.3, 0.4) is 0 Å². The first-order valence-corrected chi connectivity index (χ1v) is 11.9. The normalized spacial score (nSPS) is 15.0. The molecular weight excluding hydrogens is 426 g/mol. The highest BCUT2D eigenvalue weighted by Crippen LogP contribution is 2.30. The van der Waals surface area contributed by atoms with Gasteiger partial charge in [-0.05, 0) is 25.0 Å². The number of carbonyl (C=O) groups is 1. The Bertz CT molecular complexity index is 296. The Morgan fingerprint density at radius 2 is 1.45 bits per heavy atom. The number of carbonyl (C=O) groups excluding carboxylic acids is 1. The van der Waals surface area contributed by atoms with Crippen molar-refractivity contribution in [1.82, 2.24) is 10.2 Å². The SMILES string of the molecule is CC(C)(C)C1NCCS1.CC(C)(C)C=O.CCN(CC)CC.CO.Cl.NCCS. The molecule has 1 saturated heterocycles. The van der Waals surface area contributed by atoms with Gasteiger partial charge in [0.25, 0.3) is 0 Å². The number of nitrogens with one attached hydrogen (secondary N) is 1. The minimum Gasteiger partial charge on any atom is -0.400 e. The molecule has 0 bridgehead atoms. The zero-order valence-corrected chi connectivity index (χ0v) is 23.3. The molecule has 0 amide bonds. The molecule has 1 atom stereocenters. The molecular formula is C21H52ClN3O2S2. The lowest BCUT2D eigenvalue weighted by Gasteiger charge is -2.25. The fourth-order valence-electron chi connectivity index (χ4n) is 1.65. The number of aliphatic hydroxyl groups excluding tert-OH is 1. The van der Waals surface area contributed by atoms with Gasteiger partial charge in [0.2, 0.25) is 0 Å². The first kappa shape index (κ1) is 39.9. The van der Waals surface area contributed by atoms with E-state index in [1.165, 1.54) is 31.9 Å². The summed E-state index contributed by atoms with van der Waals surface area (Å²) in [6.07, 6.45) is 0.938. The highest BCUT2D eigenvalue weighted by molar-refractivity contribution is 8.00. The Labute approximate surface area is 198 Å². The van der Waals surface area contributed by atoms with Crippen molar-refractivity contribution in [2.24, 2.45) is 16.6 Å². The average molecular weight is 478 g/mol. The molecule has 1 fully saturated rings. The molecule has 29 heavy (non-hydrogen) atoms. The van der Waals surface area contributed by atoms with E-state index in [9.17, 15) is 4.79 Å². The monoisotopic (exact) mass is 477 g/mol. The number of aldehydes is 1. The van der Waals surface area contributed by atoms with Gasteiger partial charge in [-0.2, -0.15) is 12.6 Å². The van der Waals surface area contributed by atoms with Crippen LogP contribution in [0, 0.1) is 10.8 Å². The van der Waals surface area contributed by atoms with Crippen LogP contribution in [0.5, 0.6) is 0 Å². The van der Waals surface area contributed by atoms with Crippen LogP contribution in [0.25, 0.3) is 0 Å². The standard InChI is InChI=1S/C7H15NS.C6H15N.C5H10O.C2H7NS.CH4O.ClH/c1-7(2,3)6-8-4-5-9-6;1-4-7(5-2)6-3;1-5(2,3)4-6;3-1-2-4;1-2;/h6,8H,4-5H2,1-3H3;4-6H2,1-3H3;4H,1-3H3;4H,1-3H2;2H,1H3;1H. The molecule has 1 aliphatic rings. The zero-order chi connectivity index (χ0) is 23.2. The lowest BCUT2D eigenvalue weighted by Crippen LogP contribution is -2.32. The molecule has 0 saturated carbocycles. The smallest absolute Gasteiger partial charge is 0.125 e. The predicted molar refractivity (Wildman–Crippen MR) is 141 cm³/mol. The molecule has 0 aromatic rings. The summed E-state index contributed by atoms with van der Waals surface area (Å²) in [7, 11) is 1.00. The van der Waals surface area contributed by atoms with Gasteiger partial charge in [-0.15, -0.1) is 24.2 Å². The van der Waals surface area contributed by atoms with E-state index in [4.69, 9.17) is 10.8 Å². The van der Waals surface area contributed by atoms with E-state index in [2.05, 4.69) is 64.4 Å². The molecule has 5 nitrogen and oxygen atoms in total. The number of nitrogens with two attached hydrogens (primary N) is 1. The van der Waals surface area contributed by atoms with Crippen LogP contribution in [0.2, 0.25) is 0 Å². The minimum atomic E-state index is -0.139. The third-order valence-electron chi connectivity index (χ3n) is 3.33. The van der Waals surface area contributed by atoms with Crippen LogP contribution in [-0.2, 0) is 4.79 Å². The summed E-state index contributed by atoms with van der Waals surface area (Å²) in [5.41, 5.74) is 5.24. The minimum absolute atomic E-state index is 0. The average Bonchev–Trinajstić information content (AvgIpc) is 3.21. The second-order valence-corrected chi connectivity index (χ2v) is 9.85. The number of thioether (sulfide) groups is 1. The second-order valence-electron chi connectivity index (χ2n) is 8.19. The number of nitrogens with zero attached hydrogens (tertiary/aromatic N) is 1. The molecule has 182 valence electrons. The lowest BCUT2D eigenvalue weighted by molar-refractivity contribution is -0.113. The molecule has 0 radical (unpaired) electrons. The van der Waals surface area contributed by atoms with Crippen molar-refractivity contribution in [2.75, 3.05) is 51.3 Å². The van der Waals surface area contributed by atoms with Crippen molar-refractivity contribution in [3.05, 3.63) is 0 Å². The van der Waals surface area contributed by atoms with Crippen molar-refractivity contribution in [3.63, 3.8) is 0 Å². The van der Waals surface area contributed by atoms with Gasteiger partial charge in [-0.1, -0.05) is 62.3 Å². The fraction of sp³-hybridized carbons (Fsp3) is 0.952. The lowest BCUT2D eigenvalue weighted by atomic mass is 9.96. The van der Waals surface area contributed by atoms with E-state index < -0.39 is 0 Å². The molecule has 1 heterocycles. The maximum absolute atomic E-state index is 9.83. The third-order valence-corrected chi connectivity index (χ3v) is 5.23. The maximum Gasteiger partial charge on any atom is 0.125 e. The summed E-state index contributed by atoms with van der Waals surface area (Å²) >= 11 is 5.83. The molecule has 0 aromatic heterocycles. The summed E-state index contributed by atoms with van der Waals surface area (Å²) in [5, 5.41) is 11.1. The van der Waals surface area contributed by atoms with Gasteiger partial charge in [0, 0.05) is 37.1 Å². The number of halogens is 1. The number of thiol groups is 1. The number of aliphatic hydroxyl groups is 1. The van der Waals surface area contributed by atoms with Gasteiger partial charge in [-0.3, -0.25) is 0 Å². The van der Waals surface area contributed by atoms with Crippen molar-refractivity contribution in [1.29, 1.82) is 0 Å². The zero-order valence-electron chi connectivity index (χ0n) is 20.7. The van der Waals surface area contributed by atoms with Crippen LogP contribution in [0.1, 0.15) is 62.3 Å². The van der Waals surface area contributed by atoms with Gasteiger partial charge < -0.3 is 25.9 Å². The largest absolute Gasteiger partial charge is 0.400 e. The van der Waals surface area contributed by atoms with E-state index in [1.54, 1.807) is 0 Å². The summed E-state index contributed by atoms with van der Waals surface area (Å²) in [6, 6.07) is 0. The molecule has 1 unspecified atom stereocenters. The Hall–Kier alpha value is 0.500. The molecule has 0 spiro atoms.